The van der Waals surface area contributed by atoms with Gasteiger partial charge in [-0.3, -0.25) is 19.3 Å². The zero-order valence-electron chi connectivity index (χ0n) is 19.9. The molecule has 0 atom stereocenters. The van der Waals surface area contributed by atoms with E-state index in [9.17, 15) is 14.4 Å². The topological polar surface area (TPSA) is 76.2 Å². The molecule has 0 aliphatic carbocycles. The van der Waals surface area contributed by atoms with Gasteiger partial charge in [-0.2, -0.15) is 0 Å². The van der Waals surface area contributed by atoms with Crippen LogP contribution < -0.4 is 14.4 Å². The minimum absolute atomic E-state index is 0.0718. The van der Waals surface area contributed by atoms with E-state index < -0.39 is 0 Å². The number of anilines is 1. The third-order valence-corrected chi connectivity index (χ3v) is 5.92. The Morgan fingerprint density at radius 2 is 1.46 bits per heavy atom. The van der Waals surface area contributed by atoms with E-state index in [0.717, 1.165) is 12.8 Å². The Balaban J connectivity index is 1.54. The van der Waals surface area contributed by atoms with E-state index in [1.807, 2.05) is 0 Å². The first kappa shape index (κ1) is 24.0. The minimum Gasteiger partial charge on any atom is -0.497 e. The van der Waals surface area contributed by atoms with Crippen molar-refractivity contribution in [1.82, 2.24) is 4.90 Å². The molecule has 0 unspecified atom stereocenters. The summed E-state index contributed by atoms with van der Waals surface area (Å²) in [6, 6.07) is 20.8. The molecular weight excluding hydrogens is 444 g/mol. The lowest BCUT2D eigenvalue weighted by atomic mass is 10.1. The van der Waals surface area contributed by atoms with Crippen LogP contribution in [0.3, 0.4) is 0 Å². The molecule has 1 heterocycles. The van der Waals surface area contributed by atoms with E-state index in [2.05, 4.69) is 6.92 Å². The number of hydrogen-bond donors (Lipinski definition) is 0. The number of amides is 3. The number of carbonyl (C=O) groups excluding carboxylic acids is 3. The Bertz CT molecular complexity index is 1170. The maximum atomic E-state index is 13.5. The average molecular weight is 473 g/mol. The van der Waals surface area contributed by atoms with Gasteiger partial charge in [0.15, 0.2) is 0 Å². The van der Waals surface area contributed by atoms with E-state index in [1.54, 1.807) is 84.8 Å². The van der Waals surface area contributed by atoms with E-state index >= 15 is 0 Å². The quantitative estimate of drug-likeness (QED) is 0.312. The van der Waals surface area contributed by atoms with Gasteiger partial charge in [-0.05, 0) is 67.1 Å². The van der Waals surface area contributed by atoms with Gasteiger partial charge >= 0.3 is 0 Å². The number of fused-ring (bicyclic) bond motifs is 1. The maximum absolute atomic E-state index is 13.5. The van der Waals surface area contributed by atoms with E-state index in [1.165, 1.54) is 4.90 Å². The van der Waals surface area contributed by atoms with Crippen molar-refractivity contribution in [2.75, 3.05) is 31.7 Å². The second-order valence-corrected chi connectivity index (χ2v) is 8.19. The number of imide groups is 1. The molecule has 0 bridgehead atoms. The van der Waals surface area contributed by atoms with Crippen LogP contribution in [0.2, 0.25) is 0 Å². The van der Waals surface area contributed by atoms with Crippen LogP contribution >= 0.6 is 0 Å². The second kappa shape index (κ2) is 10.9. The van der Waals surface area contributed by atoms with E-state index in [0.29, 0.717) is 40.5 Å². The third kappa shape index (κ3) is 5.19. The fraction of sp³-hybridized carbons (Fsp3) is 0.250. The van der Waals surface area contributed by atoms with Crippen molar-refractivity contribution in [3.63, 3.8) is 0 Å². The highest BCUT2D eigenvalue weighted by atomic mass is 16.5. The number of ether oxygens (including phenoxy) is 2. The van der Waals surface area contributed by atoms with Crippen LogP contribution in [0.1, 0.15) is 50.8 Å². The van der Waals surface area contributed by atoms with E-state index in [-0.39, 0.29) is 30.8 Å². The molecule has 0 N–H and O–H groups in total. The maximum Gasteiger partial charge on any atom is 0.261 e. The molecule has 0 saturated carbocycles. The molecule has 35 heavy (non-hydrogen) atoms. The third-order valence-electron chi connectivity index (χ3n) is 5.92. The molecule has 3 aromatic rings. The van der Waals surface area contributed by atoms with Gasteiger partial charge in [-0.15, -0.1) is 0 Å². The van der Waals surface area contributed by atoms with E-state index in [4.69, 9.17) is 9.47 Å². The fourth-order valence-electron chi connectivity index (χ4n) is 3.94. The molecule has 0 saturated heterocycles. The molecule has 0 fully saturated rings. The zero-order chi connectivity index (χ0) is 24.8. The standard InChI is InChI=1S/C28H28N2O5/c1-3-4-19-35-23-13-9-20(10-14-23)26(31)29(21-11-15-22(34-2)16-12-21)17-18-30-27(32)24-7-5-6-8-25(24)28(30)33/h5-16H,3-4,17-19H2,1-2H3. The molecule has 7 nitrogen and oxygen atoms in total. The molecule has 0 radical (unpaired) electrons. The summed E-state index contributed by atoms with van der Waals surface area (Å²) in [6.45, 7) is 2.94. The molecule has 3 aromatic carbocycles. The highest BCUT2D eigenvalue weighted by Crippen LogP contribution is 2.25. The summed E-state index contributed by atoms with van der Waals surface area (Å²) in [5.41, 5.74) is 1.89. The summed E-state index contributed by atoms with van der Waals surface area (Å²) in [6.07, 6.45) is 2.00. The number of methoxy groups -OCH3 is 1. The van der Waals surface area contributed by atoms with Crippen molar-refractivity contribution in [3.8, 4) is 11.5 Å². The summed E-state index contributed by atoms with van der Waals surface area (Å²) in [5, 5.41) is 0. The van der Waals surface area contributed by atoms with Gasteiger partial charge in [0.1, 0.15) is 11.5 Å². The molecule has 7 heteroatoms. The Labute approximate surface area is 204 Å². The number of unbranched alkanes of at least 4 members (excludes halogenated alkanes) is 1. The summed E-state index contributed by atoms with van der Waals surface area (Å²) in [4.78, 5) is 41.9. The number of carbonyl (C=O) groups is 3. The van der Waals surface area contributed by atoms with Gasteiger partial charge in [0.2, 0.25) is 0 Å². The highest BCUT2D eigenvalue weighted by molar-refractivity contribution is 6.21. The van der Waals surface area contributed by atoms with Gasteiger partial charge in [0.05, 0.1) is 24.8 Å². The Morgan fingerprint density at radius 1 is 0.857 bits per heavy atom. The van der Waals surface area contributed by atoms with Crippen molar-refractivity contribution in [2.45, 2.75) is 19.8 Å². The largest absolute Gasteiger partial charge is 0.497 e. The van der Waals surface area contributed by atoms with Crippen LogP contribution in [0.5, 0.6) is 11.5 Å². The van der Waals surface area contributed by atoms with Gasteiger partial charge < -0.3 is 14.4 Å². The lowest BCUT2D eigenvalue weighted by molar-refractivity contribution is 0.0654. The molecular formula is C28H28N2O5. The zero-order valence-corrected chi connectivity index (χ0v) is 19.9. The van der Waals surface area contributed by atoms with Gasteiger partial charge in [0, 0.05) is 24.3 Å². The van der Waals surface area contributed by atoms with Gasteiger partial charge in [0.25, 0.3) is 17.7 Å². The number of rotatable bonds is 10. The van der Waals surface area contributed by atoms with Gasteiger partial charge in [-0.25, -0.2) is 0 Å². The second-order valence-electron chi connectivity index (χ2n) is 8.19. The minimum atomic E-state index is -0.346. The lowest BCUT2D eigenvalue weighted by Gasteiger charge is -2.25. The molecule has 0 spiro atoms. The first-order valence-corrected chi connectivity index (χ1v) is 11.7. The van der Waals surface area contributed by atoms with Crippen molar-refractivity contribution in [2.24, 2.45) is 0 Å². The number of benzene rings is 3. The monoisotopic (exact) mass is 472 g/mol. The summed E-state index contributed by atoms with van der Waals surface area (Å²) in [5.74, 6) is 0.432. The molecule has 4 rings (SSSR count). The normalized spacial score (nSPS) is 12.5. The predicted molar refractivity (Wildman–Crippen MR) is 133 cm³/mol. The molecule has 180 valence electrons. The fourth-order valence-corrected chi connectivity index (χ4v) is 3.94. The van der Waals surface area contributed by atoms with Crippen molar-refractivity contribution in [3.05, 3.63) is 89.5 Å². The first-order chi connectivity index (χ1) is 17.0. The number of hydrogen-bond acceptors (Lipinski definition) is 5. The molecule has 1 aliphatic heterocycles. The van der Waals surface area contributed by atoms with Crippen molar-refractivity contribution in [1.29, 1.82) is 0 Å². The van der Waals surface area contributed by atoms with Gasteiger partial charge in [-0.1, -0.05) is 25.5 Å². The summed E-state index contributed by atoms with van der Waals surface area (Å²) in [7, 11) is 1.57. The summed E-state index contributed by atoms with van der Waals surface area (Å²) < 4.78 is 10.9. The molecule has 3 amide bonds. The van der Waals surface area contributed by atoms with Crippen molar-refractivity contribution >= 4 is 23.4 Å². The average Bonchev–Trinajstić information content (AvgIpc) is 3.14. The van der Waals surface area contributed by atoms with Crippen molar-refractivity contribution < 1.29 is 23.9 Å². The van der Waals surface area contributed by atoms with Crippen LogP contribution in [0, 0.1) is 0 Å². The predicted octanol–water partition coefficient (Wildman–Crippen LogP) is 4.82. The Kier molecular flexibility index (Phi) is 7.45. The molecule has 1 aliphatic rings. The molecule has 0 aromatic heterocycles. The van der Waals surface area contributed by atoms with Crippen LogP contribution in [-0.4, -0.2) is 49.4 Å². The Hall–Kier alpha value is -4.13. The summed E-state index contributed by atoms with van der Waals surface area (Å²) >= 11 is 0. The van der Waals surface area contributed by atoms with Crippen LogP contribution in [0.15, 0.2) is 72.8 Å². The van der Waals surface area contributed by atoms with Crippen LogP contribution in [-0.2, 0) is 0 Å². The first-order valence-electron chi connectivity index (χ1n) is 11.7. The highest BCUT2D eigenvalue weighted by Gasteiger charge is 2.35. The lowest BCUT2D eigenvalue weighted by Crippen LogP contribution is -2.41. The van der Waals surface area contributed by atoms with Crippen LogP contribution in [0.4, 0.5) is 5.69 Å². The SMILES string of the molecule is CCCCOc1ccc(C(=O)N(CCN2C(=O)c3ccccc3C2=O)c2ccc(OC)cc2)cc1. The number of nitrogens with zero attached hydrogens (tertiary/aromatic N) is 2. The smallest absolute Gasteiger partial charge is 0.261 e. The van der Waals surface area contributed by atoms with Crippen LogP contribution in [0.25, 0.3) is 0 Å². The Morgan fingerprint density at radius 3 is 2.03 bits per heavy atom.